The first-order valence-corrected chi connectivity index (χ1v) is 7.11. The number of ether oxygens (including phenoxy) is 1. The van der Waals surface area contributed by atoms with Gasteiger partial charge in [-0.15, -0.1) is 0 Å². The second-order valence-electron chi connectivity index (χ2n) is 4.88. The number of fused-ring (bicyclic) bond motifs is 1. The zero-order chi connectivity index (χ0) is 15.9. The molecule has 0 radical (unpaired) electrons. The fraction of sp³-hybridized carbons (Fsp3) is 0.400. The summed E-state index contributed by atoms with van der Waals surface area (Å²) in [7, 11) is 1.60. The number of aromatic amines is 1. The zero-order valence-electron chi connectivity index (χ0n) is 12.4. The highest BCUT2D eigenvalue weighted by Gasteiger charge is 2.09. The predicted octanol–water partition coefficient (Wildman–Crippen LogP) is 0.233. The van der Waals surface area contributed by atoms with Crippen LogP contribution in [0.1, 0.15) is 12.8 Å². The van der Waals surface area contributed by atoms with Crippen LogP contribution in [0, 0.1) is 0 Å². The summed E-state index contributed by atoms with van der Waals surface area (Å²) in [5.74, 6) is -0.199. The van der Waals surface area contributed by atoms with Gasteiger partial charge in [-0.05, 0) is 18.6 Å². The average Bonchev–Trinajstić information content (AvgIpc) is 2.51. The molecular formula is C15H19N3O4. The number of H-pyrrole nitrogens is 1. The molecule has 1 amide bonds. The number of hydrogen-bond acceptors (Lipinski definition) is 4. The molecular weight excluding hydrogens is 286 g/mol. The monoisotopic (exact) mass is 305 g/mol. The summed E-state index contributed by atoms with van der Waals surface area (Å²) < 4.78 is 5.94. The number of amides is 1. The van der Waals surface area contributed by atoms with Gasteiger partial charge in [0.15, 0.2) is 0 Å². The number of para-hydroxylation sites is 1. The maximum absolute atomic E-state index is 12.3. The van der Waals surface area contributed by atoms with Gasteiger partial charge in [-0.1, -0.05) is 12.1 Å². The van der Waals surface area contributed by atoms with Crippen LogP contribution in [0.25, 0.3) is 10.9 Å². The van der Waals surface area contributed by atoms with Gasteiger partial charge in [0, 0.05) is 33.2 Å². The Morgan fingerprint density at radius 2 is 2.09 bits per heavy atom. The first-order valence-electron chi connectivity index (χ1n) is 7.11. The summed E-state index contributed by atoms with van der Waals surface area (Å²) in [6.45, 7) is 1.13. The van der Waals surface area contributed by atoms with Gasteiger partial charge >= 0.3 is 5.69 Å². The second-order valence-corrected chi connectivity index (χ2v) is 4.88. The van der Waals surface area contributed by atoms with Gasteiger partial charge in [0.25, 0.3) is 5.56 Å². The van der Waals surface area contributed by atoms with Crippen molar-refractivity contribution in [3.05, 3.63) is 45.1 Å². The molecule has 0 saturated carbocycles. The minimum Gasteiger partial charge on any atom is -0.385 e. The maximum atomic E-state index is 12.3. The Morgan fingerprint density at radius 1 is 1.32 bits per heavy atom. The lowest BCUT2D eigenvalue weighted by molar-refractivity contribution is -0.121. The van der Waals surface area contributed by atoms with Crippen molar-refractivity contribution in [3.63, 3.8) is 0 Å². The predicted molar refractivity (Wildman–Crippen MR) is 82.9 cm³/mol. The summed E-state index contributed by atoms with van der Waals surface area (Å²) in [6.07, 6.45) is 0.799. The van der Waals surface area contributed by atoms with Crippen molar-refractivity contribution in [1.82, 2.24) is 14.9 Å². The molecule has 118 valence electrons. The Balaban J connectivity index is 2.04. The highest BCUT2D eigenvalue weighted by molar-refractivity contribution is 5.77. The van der Waals surface area contributed by atoms with E-state index in [0.717, 1.165) is 11.0 Å². The van der Waals surface area contributed by atoms with Gasteiger partial charge < -0.3 is 15.0 Å². The molecule has 7 heteroatoms. The summed E-state index contributed by atoms with van der Waals surface area (Å²) in [5, 5.41) is 3.15. The largest absolute Gasteiger partial charge is 0.385 e. The normalized spacial score (nSPS) is 10.8. The molecule has 2 N–H and O–H groups in total. The van der Waals surface area contributed by atoms with E-state index in [0.29, 0.717) is 24.1 Å². The lowest BCUT2D eigenvalue weighted by Crippen LogP contribution is -2.37. The number of aromatic nitrogens is 2. The standard InChI is InChI=1S/C15H19N3O4/c1-22-10-4-8-16-13(19)7-9-18-14(20)11-5-2-3-6-12(11)17-15(18)21/h2-3,5-6H,4,7-10H2,1H3,(H,16,19)(H,17,21). The fourth-order valence-corrected chi connectivity index (χ4v) is 2.15. The molecule has 7 nitrogen and oxygen atoms in total. The third-order valence-corrected chi connectivity index (χ3v) is 3.30. The molecule has 1 heterocycles. The Morgan fingerprint density at radius 3 is 2.86 bits per heavy atom. The van der Waals surface area contributed by atoms with Crippen LogP contribution in [0.15, 0.2) is 33.9 Å². The molecule has 0 unspecified atom stereocenters. The molecule has 0 atom stereocenters. The number of rotatable bonds is 7. The highest BCUT2D eigenvalue weighted by atomic mass is 16.5. The maximum Gasteiger partial charge on any atom is 0.328 e. The molecule has 22 heavy (non-hydrogen) atoms. The average molecular weight is 305 g/mol. The lowest BCUT2D eigenvalue weighted by atomic mass is 10.2. The Labute approximate surface area is 126 Å². The van der Waals surface area contributed by atoms with E-state index in [1.807, 2.05) is 0 Å². The molecule has 0 spiro atoms. The number of benzene rings is 1. The van der Waals surface area contributed by atoms with Crippen molar-refractivity contribution in [2.45, 2.75) is 19.4 Å². The fourth-order valence-electron chi connectivity index (χ4n) is 2.15. The van der Waals surface area contributed by atoms with Crippen LogP contribution in [0.3, 0.4) is 0 Å². The third kappa shape index (κ3) is 3.82. The van der Waals surface area contributed by atoms with E-state index in [4.69, 9.17) is 4.74 Å². The number of methoxy groups -OCH3 is 1. The van der Waals surface area contributed by atoms with Crippen molar-refractivity contribution in [3.8, 4) is 0 Å². The molecule has 0 fully saturated rings. The van der Waals surface area contributed by atoms with Crippen LogP contribution in [-0.4, -0.2) is 35.7 Å². The first-order chi connectivity index (χ1) is 10.6. The zero-order valence-corrected chi connectivity index (χ0v) is 12.4. The minimum absolute atomic E-state index is 0.0507. The summed E-state index contributed by atoms with van der Waals surface area (Å²) >= 11 is 0. The number of nitrogens with one attached hydrogen (secondary N) is 2. The molecule has 2 aromatic rings. The summed E-state index contributed by atoms with van der Waals surface area (Å²) in [5.41, 5.74) is -0.389. The van der Waals surface area contributed by atoms with Crippen LogP contribution in [-0.2, 0) is 16.1 Å². The van der Waals surface area contributed by atoms with Gasteiger partial charge in [-0.3, -0.25) is 14.2 Å². The van der Waals surface area contributed by atoms with E-state index in [1.165, 1.54) is 0 Å². The molecule has 1 aromatic carbocycles. The molecule has 0 aliphatic carbocycles. The number of nitrogens with zero attached hydrogens (tertiary/aromatic N) is 1. The van der Waals surface area contributed by atoms with Gasteiger partial charge in [0.1, 0.15) is 0 Å². The topological polar surface area (TPSA) is 93.2 Å². The van der Waals surface area contributed by atoms with Crippen molar-refractivity contribution in [1.29, 1.82) is 0 Å². The quantitative estimate of drug-likeness (QED) is 0.716. The number of carbonyl (C=O) groups excluding carboxylic acids is 1. The smallest absolute Gasteiger partial charge is 0.328 e. The van der Waals surface area contributed by atoms with Gasteiger partial charge in [-0.25, -0.2) is 4.79 Å². The highest BCUT2D eigenvalue weighted by Crippen LogP contribution is 2.02. The summed E-state index contributed by atoms with van der Waals surface area (Å²) in [6, 6.07) is 6.80. The van der Waals surface area contributed by atoms with E-state index >= 15 is 0 Å². The Hall–Kier alpha value is -2.41. The van der Waals surface area contributed by atoms with Crippen LogP contribution < -0.4 is 16.6 Å². The molecule has 0 aliphatic heterocycles. The molecule has 1 aromatic heterocycles. The minimum atomic E-state index is -0.504. The molecule has 0 aliphatic rings. The van der Waals surface area contributed by atoms with Crippen LogP contribution in [0.2, 0.25) is 0 Å². The van der Waals surface area contributed by atoms with E-state index in [-0.39, 0.29) is 24.4 Å². The van der Waals surface area contributed by atoms with Crippen LogP contribution in [0.5, 0.6) is 0 Å². The van der Waals surface area contributed by atoms with Crippen molar-refractivity contribution in [2.24, 2.45) is 0 Å². The van der Waals surface area contributed by atoms with Crippen LogP contribution >= 0.6 is 0 Å². The molecule has 0 bridgehead atoms. The Kier molecular flexibility index (Phi) is 5.48. The van der Waals surface area contributed by atoms with E-state index < -0.39 is 5.69 Å². The summed E-state index contributed by atoms with van der Waals surface area (Å²) in [4.78, 5) is 38.5. The van der Waals surface area contributed by atoms with Gasteiger partial charge in [0.05, 0.1) is 10.9 Å². The van der Waals surface area contributed by atoms with E-state index in [9.17, 15) is 14.4 Å². The molecule has 2 rings (SSSR count). The number of hydrogen-bond donors (Lipinski definition) is 2. The van der Waals surface area contributed by atoms with Crippen LogP contribution in [0.4, 0.5) is 0 Å². The lowest BCUT2D eigenvalue weighted by Gasteiger charge is -2.07. The van der Waals surface area contributed by atoms with Crippen molar-refractivity contribution < 1.29 is 9.53 Å². The van der Waals surface area contributed by atoms with Crippen molar-refractivity contribution >= 4 is 16.8 Å². The molecule has 0 saturated heterocycles. The van der Waals surface area contributed by atoms with E-state index in [2.05, 4.69) is 10.3 Å². The van der Waals surface area contributed by atoms with Gasteiger partial charge in [-0.2, -0.15) is 0 Å². The third-order valence-electron chi connectivity index (χ3n) is 3.30. The number of carbonyl (C=O) groups is 1. The first kappa shape index (κ1) is 16.0. The Bertz CT molecular complexity index is 763. The SMILES string of the molecule is COCCCNC(=O)CCn1c(=O)[nH]c2ccccc2c1=O. The second kappa shape index (κ2) is 7.56. The van der Waals surface area contributed by atoms with E-state index in [1.54, 1.807) is 31.4 Å². The van der Waals surface area contributed by atoms with Crippen molar-refractivity contribution in [2.75, 3.05) is 20.3 Å². The van der Waals surface area contributed by atoms with Gasteiger partial charge in [0.2, 0.25) is 5.91 Å².